The number of benzene rings is 1. The number of hydrogen-bond donors (Lipinski definition) is 1. The van der Waals surface area contributed by atoms with E-state index < -0.39 is 5.43 Å². The number of hydrogen-bond acceptors (Lipinski definition) is 4. The summed E-state index contributed by atoms with van der Waals surface area (Å²) in [6.45, 7) is 2.70. The summed E-state index contributed by atoms with van der Waals surface area (Å²) < 4.78 is 7.02. The van der Waals surface area contributed by atoms with Crippen LogP contribution >= 0.6 is 15.9 Å². The summed E-state index contributed by atoms with van der Waals surface area (Å²) in [6.07, 6.45) is 1.49. The summed E-state index contributed by atoms with van der Waals surface area (Å²) in [4.78, 5) is 26.1. The molecule has 8 heteroatoms. The van der Waals surface area contributed by atoms with Crippen LogP contribution in [0.25, 0.3) is 0 Å². The first kappa shape index (κ1) is 15.7. The highest BCUT2D eigenvalue weighted by Crippen LogP contribution is 2.22. The van der Waals surface area contributed by atoms with E-state index >= 15 is 0 Å². The molecule has 116 valence electrons. The molecule has 23 heavy (non-hydrogen) atoms. The number of nitrogens with one attached hydrogen (secondary N) is 1. The monoisotopic (exact) mass is 373 g/mol. The van der Waals surface area contributed by atoms with Crippen molar-refractivity contribution in [1.82, 2.24) is 9.58 Å². The summed E-state index contributed by atoms with van der Waals surface area (Å²) in [6, 6.07) is 7.19. The van der Waals surface area contributed by atoms with Crippen LogP contribution < -0.4 is 15.5 Å². The van der Waals surface area contributed by atoms with E-state index in [9.17, 15) is 9.59 Å². The second-order valence-electron chi connectivity index (χ2n) is 5.24. The van der Waals surface area contributed by atoms with Crippen molar-refractivity contribution >= 4 is 29.9 Å². The molecule has 1 N–H and O–H groups in total. The van der Waals surface area contributed by atoms with E-state index in [1.54, 1.807) is 4.90 Å². The second kappa shape index (κ2) is 6.12. The third-order valence-electron chi connectivity index (χ3n) is 3.77. The highest BCUT2D eigenvalue weighted by atomic mass is 79.9. The van der Waals surface area contributed by atoms with Crippen LogP contribution in [-0.4, -0.2) is 30.2 Å². The molecule has 0 saturated carbocycles. The molecule has 3 rings (SSSR count). The van der Waals surface area contributed by atoms with Crippen LogP contribution in [0.4, 0.5) is 0 Å². The normalized spacial score (nSPS) is 13.5. The topological polar surface area (TPSA) is 63.6 Å². The molecule has 1 aromatic carbocycles. The van der Waals surface area contributed by atoms with Gasteiger partial charge in [-0.25, -0.2) is 0 Å². The Morgan fingerprint density at radius 2 is 2.13 bits per heavy atom. The van der Waals surface area contributed by atoms with E-state index in [2.05, 4.69) is 26.0 Å². The Bertz CT molecular complexity index is 837. The highest BCUT2D eigenvalue weighted by Gasteiger charge is 2.28. The molecule has 0 aliphatic carbocycles. The number of rotatable bonds is 3. The van der Waals surface area contributed by atoms with Crippen molar-refractivity contribution in [2.24, 2.45) is 0 Å². The number of aryl methyl sites for hydroxylation is 1. The third-order valence-corrected chi connectivity index (χ3v) is 4.26. The van der Waals surface area contributed by atoms with Crippen molar-refractivity contribution in [3.05, 3.63) is 62.0 Å². The summed E-state index contributed by atoms with van der Waals surface area (Å²) in [7, 11) is 5.16. The van der Waals surface area contributed by atoms with Crippen LogP contribution in [-0.2, 0) is 6.54 Å². The van der Waals surface area contributed by atoms with Gasteiger partial charge in [-0.15, -0.1) is 0 Å². The molecule has 1 aromatic heterocycles. The highest BCUT2D eigenvalue weighted by molar-refractivity contribution is 9.10. The van der Waals surface area contributed by atoms with Crippen LogP contribution in [0.3, 0.4) is 0 Å². The minimum atomic E-state index is -0.436. The van der Waals surface area contributed by atoms with Crippen molar-refractivity contribution in [2.45, 2.75) is 13.5 Å². The molecular formula is C15H13BBrN3O3. The van der Waals surface area contributed by atoms with Crippen molar-refractivity contribution in [1.29, 1.82) is 0 Å². The van der Waals surface area contributed by atoms with Gasteiger partial charge in [-0.05, 0) is 30.2 Å². The van der Waals surface area contributed by atoms with E-state index in [0.29, 0.717) is 13.2 Å². The van der Waals surface area contributed by atoms with Gasteiger partial charge in [0.15, 0.2) is 11.4 Å². The van der Waals surface area contributed by atoms with Crippen LogP contribution in [0.2, 0.25) is 0 Å². The summed E-state index contributed by atoms with van der Waals surface area (Å²) in [5, 5.41) is 0. The predicted octanol–water partition coefficient (Wildman–Crippen LogP) is 1.54. The van der Waals surface area contributed by atoms with Crippen LogP contribution in [0, 0.1) is 6.92 Å². The lowest BCUT2D eigenvalue weighted by Gasteiger charge is -2.32. The summed E-state index contributed by atoms with van der Waals surface area (Å²) in [5.74, 6) is -0.484. The number of carbonyl (C=O) groups is 1. The van der Waals surface area contributed by atoms with Crippen LogP contribution in [0.5, 0.6) is 5.75 Å². The maximum Gasteiger partial charge on any atom is 0.374 e. The number of amides is 1. The van der Waals surface area contributed by atoms with E-state index in [4.69, 9.17) is 8.05 Å². The quantitative estimate of drug-likeness (QED) is 0.829. The fourth-order valence-electron chi connectivity index (χ4n) is 2.49. The molecule has 2 heterocycles. The Hall–Kier alpha value is -2.22. The lowest BCUT2D eigenvalue weighted by Crippen LogP contribution is -2.46. The van der Waals surface area contributed by atoms with Gasteiger partial charge in [0.2, 0.25) is 5.43 Å². The number of aromatic nitrogens is 1. The van der Waals surface area contributed by atoms with Gasteiger partial charge in [0.1, 0.15) is 6.67 Å². The fraction of sp³-hybridized carbons (Fsp3) is 0.200. The minimum Gasteiger partial charge on any atom is -0.564 e. The molecule has 0 saturated heterocycles. The minimum absolute atomic E-state index is 0.0962. The SMILES string of the molecule is [B]Oc1c2n(ccc1=O)NCN(Cc1cc(Br)ccc1C)C2=O. The molecule has 1 aliphatic rings. The van der Waals surface area contributed by atoms with Crippen molar-refractivity contribution in [3.63, 3.8) is 0 Å². The van der Waals surface area contributed by atoms with Gasteiger partial charge in [-0.1, -0.05) is 22.0 Å². The number of fused-ring (bicyclic) bond motifs is 1. The number of nitrogens with zero attached hydrogens (tertiary/aromatic N) is 2. The summed E-state index contributed by atoms with van der Waals surface area (Å²) in [5.41, 5.74) is 4.78. The Labute approximate surface area is 142 Å². The molecule has 0 atom stereocenters. The first-order valence-corrected chi connectivity index (χ1v) is 7.71. The van der Waals surface area contributed by atoms with E-state index in [0.717, 1.165) is 15.6 Å². The lowest BCUT2D eigenvalue weighted by atomic mass is 10.1. The molecule has 1 amide bonds. The fourth-order valence-corrected chi connectivity index (χ4v) is 2.90. The number of pyridine rings is 1. The van der Waals surface area contributed by atoms with E-state index in [1.807, 2.05) is 25.1 Å². The zero-order valence-corrected chi connectivity index (χ0v) is 14.0. The average molecular weight is 374 g/mol. The van der Waals surface area contributed by atoms with Gasteiger partial charge in [-0.2, -0.15) is 0 Å². The van der Waals surface area contributed by atoms with Gasteiger partial charge in [0.25, 0.3) is 5.91 Å². The van der Waals surface area contributed by atoms with Gasteiger partial charge >= 0.3 is 8.05 Å². The zero-order chi connectivity index (χ0) is 16.6. The van der Waals surface area contributed by atoms with Gasteiger partial charge in [-0.3, -0.25) is 14.3 Å². The van der Waals surface area contributed by atoms with Gasteiger partial charge < -0.3 is 15.0 Å². The summed E-state index contributed by atoms with van der Waals surface area (Å²) >= 11 is 3.43. The van der Waals surface area contributed by atoms with Crippen LogP contribution in [0.1, 0.15) is 21.6 Å². The van der Waals surface area contributed by atoms with E-state index in [-0.39, 0.29) is 17.4 Å². The standard InChI is InChI=1S/C15H13BBrN3O3/c1-9-2-3-11(17)6-10(9)7-19-8-18-20-5-4-12(21)14(23-16)13(20)15(19)22/h2-6,18H,7-8H2,1H3. The van der Waals surface area contributed by atoms with Crippen LogP contribution in [0.15, 0.2) is 39.7 Å². The molecule has 0 spiro atoms. The zero-order valence-electron chi connectivity index (χ0n) is 12.4. The molecular weight excluding hydrogens is 361 g/mol. The second-order valence-corrected chi connectivity index (χ2v) is 6.15. The smallest absolute Gasteiger partial charge is 0.374 e. The lowest BCUT2D eigenvalue weighted by molar-refractivity contribution is 0.0711. The number of halogens is 1. The first-order chi connectivity index (χ1) is 11.0. The third kappa shape index (κ3) is 2.86. The Kier molecular flexibility index (Phi) is 4.17. The van der Waals surface area contributed by atoms with Crippen molar-refractivity contribution < 1.29 is 9.45 Å². The maximum absolute atomic E-state index is 12.7. The molecule has 0 bridgehead atoms. The van der Waals surface area contributed by atoms with Gasteiger partial charge in [0.05, 0.1) is 0 Å². The molecule has 6 nitrogen and oxygen atoms in total. The van der Waals surface area contributed by atoms with E-state index in [1.165, 1.54) is 16.9 Å². The average Bonchev–Trinajstić information content (AvgIpc) is 2.53. The Balaban J connectivity index is 1.96. The molecule has 0 unspecified atom stereocenters. The predicted molar refractivity (Wildman–Crippen MR) is 90.1 cm³/mol. The number of carbonyl (C=O) groups excluding carboxylic acids is 1. The molecule has 2 radical (unpaired) electrons. The van der Waals surface area contributed by atoms with Crippen molar-refractivity contribution in [3.8, 4) is 5.75 Å². The Morgan fingerprint density at radius 1 is 1.35 bits per heavy atom. The first-order valence-electron chi connectivity index (χ1n) is 6.92. The maximum atomic E-state index is 12.7. The molecule has 0 fully saturated rings. The molecule has 1 aliphatic heterocycles. The largest absolute Gasteiger partial charge is 0.564 e. The van der Waals surface area contributed by atoms with Gasteiger partial charge in [0, 0.05) is 23.3 Å². The van der Waals surface area contributed by atoms with Crippen molar-refractivity contribution in [2.75, 3.05) is 12.1 Å². The molecule has 2 aromatic rings. The Morgan fingerprint density at radius 3 is 2.87 bits per heavy atom.